The first-order valence-corrected chi connectivity index (χ1v) is 7.81. The van der Waals surface area contributed by atoms with Crippen LogP contribution in [0, 0.1) is 0 Å². The maximum Gasteiger partial charge on any atom is 0.397 e. The van der Waals surface area contributed by atoms with Gasteiger partial charge in [-0.15, -0.1) is 0 Å². The minimum atomic E-state index is -4.48. The smallest absolute Gasteiger partial charge is 0.354 e. The summed E-state index contributed by atoms with van der Waals surface area (Å²) < 4.78 is 39.6. The van der Waals surface area contributed by atoms with E-state index in [1.807, 2.05) is 0 Å². The van der Waals surface area contributed by atoms with Crippen LogP contribution in [0.5, 0.6) is 0 Å². The molecule has 24 heavy (non-hydrogen) atoms. The van der Waals surface area contributed by atoms with E-state index in [2.05, 4.69) is 16.0 Å². The molecule has 5 nitrogen and oxygen atoms in total. The lowest BCUT2D eigenvalue weighted by atomic mass is 9.98. The number of carbonyl (C=O) groups is 2. The molecule has 0 aromatic heterocycles. The van der Waals surface area contributed by atoms with E-state index in [0.29, 0.717) is 13.0 Å². The van der Waals surface area contributed by atoms with E-state index in [0.717, 1.165) is 12.8 Å². The Morgan fingerprint density at radius 1 is 1.25 bits per heavy atom. The molecular weight excluding hydrogens is 323 g/mol. The van der Waals surface area contributed by atoms with Crippen molar-refractivity contribution in [2.75, 3.05) is 13.1 Å². The van der Waals surface area contributed by atoms with E-state index >= 15 is 0 Å². The van der Waals surface area contributed by atoms with E-state index in [9.17, 15) is 22.8 Å². The van der Waals surface area contributed by atoms with Crippen molar-refractivity contribution < 1.29 is 22.8 Å². The summed E-state index contributed by atoms with van der Waals surface area (Å²) in [7, 11) is 0. The van der Waals surface area contributed by atoms with Crippen LogP contribution in [0.4, 0.5) is 18.0 Å². The van der Waals surface area contributed by atoms with Crippen molar-refractivity contribution in [2.24, 2.45) is 0 Å². The molecule has 132 valence electrons. The summed E-state index contributed by atoms with van der Waals surface area (Å²) in [5.74, 6) is -2.11. The molecule has 1 aliphatic heterocycles. The zero-order chi connectivity index (χ0) is 17.6. The fourth-order valence-corrected chi connectivity index (χ4v) is 2.59. The van der Waals surface area contributed by atoms with Crippen molar-refractivity contribution in [2.45, 2.75) is 37.4 Å². The van der Waals surface area contributed by atoms with E-state index in [1.54, 1.807) is 6.07 Å². The molecular formula is C16H20F3N3O2. The van der Waals surface area contributed by atoms with Gasteiger partial charge in [-0.3, -0.25) is 4.79 Å². The lowest BCUT2D eigenvalue weighted by molar-refractivity contribution is -0.149. The molecule has 0 unspecified atom stereocenters. The van der Waals surface area contributed by atoms with Gasteiger partial charge in [-0.25, -0.2) is 4.79 Å². The van der Waals surface area contributed by atoms with E-state index in [-0.39, 0.29) is 11.5 Å². The van der Waals surface area contributed by atoms with Crippen molar-refractivity contribution >= 4 is 11.9 Å². The van der Waals surface area contributed by atoms with Crippen LogP contribution < -0.4 is 16.0 Å². The highest BCUT2D eigenvalue weighted by Gasteiger charge is 2.40. The molecule has 0 radical (unpaired) electrons. The average Bonchev–Trinajstić information content (AvgIpc) is 2.72. The first kappa shape index (κ1) is 18.1. The number of alkyl halides is 3. The SMILES string of the molecule is O=C(NC[C@@H](c1ccccc1)C(F)(F)F)N[C@H]1CCCCNC1=O. The number of carbonyl (C=O) groups excluding carboxylic acids is 2. The van der Waals surface area contributed by atoms with Gasteiger partial charge in [0, 0.05) is 13.1 Å². The Bertz CT molecular complexity index is 563. The van der Waals surface area contributed by atoms with Crippen molar-refractivity contribution in [1.82, 2.24) is 16.0 Å². The van der Waals surface area contributed by atoms with Crippen LogP contribution in [0.1, 0.15) is 30.7 Å². The molecule has 1 fully saturated rings. The van der Waals surface area contributed by atoms with Gasteiger partial charge >= 0.3 is 12.2 Å². The summed E-state index contributed by atoms with van der Waals surface area (Å²) in [6, 6.07) is 5.92. The van der Waals surface area contributed by atoms with E-state index in [4.69, 9.17) is 0 Å². The molecule has 3 amide bonds. The Morgan fingerprint density at radius 2 is 1.96 bits per heavy atom. The fraction of sp³-hybridized carbons (Fsp3) is 0.500. The molecule has 0 bridgehead atoms. The Balaban J connectivity index is 1.94. The van der Waals surface area contributed by atoms with Gasteiger partial charge in [0.1, 0.15) is 6.04 Å². The summed E-state index contributed by atoms with van der Waals surface area (Å²) in [6.45, 7) is -0.0452. The Kier molecular flexibility index (Phi) is 6.05. The summed E-state index contributed by atoms with van der Waals surface area (Å²) in [6.07, 6.45) is -2.43. The second-order valence-electron chi connectivity index (χ2n) is 5.70. The van der Waals surface area contributed by atoms with Crippen LogP contribution in [0.2, 0.25) is 0 Å². The minimum Gasteiger partial charge on any atom is -0.354 e. The summed E-state index contributed by atoms with van der Waals surface area (Å²) >= 11 is 0. The molecule has 0 saturated carbocycles. The quantitative estimate of drug-likeness (QED) is 0.785. The first-order valence-electron chi connectivity index (χ1n) is 7.81. The highest BCUT2D eigenvalue weighted by molar-refractivity contribution is 5.87. The standard InChI is InChI=1S/C16H20F3N3O2/c17-16(18,19)12(11-6-2-1-3-7-11)10-21-15(24)22-13-8-4-5-9-20-14(13)23/h1-3,6-7,12-13H,4-5,8-10H2,(H,20,23)(H2,21,22,24)/t12-,13-/m0/s1. The molecule has 0 spiro atoms. The van der Waals surface area contributed by atoms with Crippen molar-refractivity contribution in [3.8, 4) is 0 Å². The Labute approximate surface area is 138 Å². The van der Waals surface area contributed by atoms with Gasteiger partial charge in [0.2, 0.25) is 5.91 Å². The topological polar surface area (TPSA) is 70.2 Å². The van der Waals surface area contributed by atoms with Crippen LogP contribution in [-0.2, 0) is 4.79 Å². The number of urea groups is 1. The molecule has 2 rings (SSSR count). The van der Waals surface area contributed by atoms with E-state index in [1.165, 1.54) is 24.3 Å². The van der Waals surface area contributed by atoms with Crippen molar-refractivity contribution in [3.63, 3.8) is 0 Å². The number of rotatable bonds is 4. The fourth-order valence-electron chi connectivity index (χ4n) is 2.59. The normalized spacial score (nSPS) is 19.8. The van der Waals surface area contributed by atoms with Crippen molar-refractivity contribution in [3.05, 3.63) is 35.9 Å². The van der Waals surface area contributed by atoms with Gasteiger partial charge in [0.05, 0.1) is 5.92 Å². The summed E-state index contributed by atoms with van der Waals surface area (Å²) in [5, 5.41) is 7.32. The van der Waals surface area contributed by atoms with Gasteiger partial charge < -0.3 is 16.0 Å². The monoisotopic (exact) mass is 343 g/mol. The maximum atomic E-state index is 13.2. The van der Waals surface area contributed by atoms with Crippen LogP contribution in [0.25, 0.3) is 0 Å². The summed E-state index contributed by atoms with van der Waals surface area (Å²) in [4.78, 5) is 23.6. The third kappa shape index (κ3) is 5.14. The molecule has 1 aromatic rings. The van der Waals surface area contributed by atoms with Crippen LogP contribution in [0.3, 0.4) is 0 Å². The zero-order valence-electron chi connectivity index (χ0n) is 13.0. The predicted octanol–water partition coefficient (Wildman–Crippen LogP) is 2.30. The van der Waals surface area contributed by atoms with E-state index < -0.39 is 30.7 Å². The number of halogens is 3. The number of hydrogen-bond acceptors (Lipinski definition) is 2. The molecule has 1 aliphatic rings. The van der Waals surface area contributed by atoms with Crippen molar-refractivity contribution in [1.29, 1.82) is 0 Å². The summed E-state index contributed by atoms with van der Waals surface area (Å²) in [5.41, 5.74) is 0.0810. The number of amides is 3. The maximum absolute atomic E-state index is 13.2. The minimum absolute atomic E-state index is 0.0810. The molecule has 1 saturated heterocycles. The van der Waals surface area contributed by atoms with Gasteiger partial charge in [-0.1, -0.05) is 30.3 Å². The molecule has 8 heteroatoms. The molecule has 0 aliphatic carbocycles. The third-order valence-electron chi connectivity index (χ3n) is 3.90. The lowest BCUT2D eigenvalue weighted by Gasteiger charge is -2.22. The van der Waals surface area contributed by atoms with Gasteiger partial charge in [-0.2, -0.15) is 13.2 Å². The second kappa shape index (κ2) is 8.03. The predicted molar refractivity (Wildman–Crippen MR) is 82.4 cm³/mol. The number of nitrogens with one attached hydrogen (secondary N) is 3. The Hall–Kier alpha value is -2.25. The number of benzene rings is 1. The number of hydrogen-bond donors (Lipinski definition) is 3. The molecule has 1 aromatic carbocycles. The molecule has 1 heterocycles. The highest BCUT2D eigenvalue weighted by Crippen LogP contribution is 2.34. The van der Waals surface area contributed by atoms with Gasteiger partial charge in [0.25, 0.3) is 0 Å². The lowest BCUT2D eigenvalue weighted by Crippen LogP contribution is -2.50. The van der Waals surface area contributed by atoms with Crippen LogP contribution in [-0.4, -0.2) is 37.2 Å². The Morgan fingerprint density at radius 3 is 2.62 bits per heavy atom. The van der Waals surface area contributed by atoms with Crippen LogP contribution >= 0.6 is 0 Å². The van der Waals surface area contributed by atoms with Gasteiger partial charge in [-0.05, 0) is 24.8 Å². The van der Waals surface area contributed by atoms with Gasteiger partial charge in [0.15, 0.2) is 0 Å². The average molecular weight is 343 g/mol. The molecule has 3 N–H and O–H groups in total. The second-order valence-corrected chi connectivity index (χ2v) is 5.70. The molecule has 2 atom stereocenters. The van der Waals surface area contributed by atoms with Crippen LogP contribution in [0.15, 0.2) is 30.3 Å². The first-order chi connectivity index (χ1) is 11.4. The largest absolute Gasteiger partial charge is 0.397 e. The zero-order valence-corrected chi connectivity index (χ0v) is 13.0. The third-order valence-corrected chi connectivity index (χ3v) is 3.90. The highest BCUT2D eigenvalue weighted by atomic mass is 19.4.